The first-order valence-electron chi connectivity index (χ1n) is 6.06. The standard InChI is InChI=1S/C7H5ClFNO.C6H13NO2/c8-6-3-5(4-10-11)1-2-7(6)9;1-2-3-4-7-5-6(8)9/h1-4,11H;7H,2-5H2,1H3,(H,8,9). The number of oxime groups is 1. The van der Waals surface area contributed by atoms with E-state index < -0.39 is 11.8 Å². The molecule has 1 aromatic rings. The lowest BCUT2D eigenvalue weighted by Crippen LogP contribution is -2.23. The van der Waals surface area contributed by atoms with Crippen molar-refractivity contribution in [1.29, 1.82) is 0 Å². The first-order chi connectivity index (χ1) is 9.51. The largest absolute Gasteiger partial charge is 0.480 e. The summed E-state index contributed by atoms with van der Waals surface area (Å²) in [5, 5.41) is 21.8. The smallest absolute Gasteiger partial charge is 0.317 e. The number of carboxylic acid groups (broad SMARTS) is 1. The van der Waals surface area contributed by atoms with Crippen LogP contribution in [0.25, 0.3) is 0 Å². The normalized spacial score (nSPS) is 10.2. The van der Waals surface area contributed by atoms with E-state index >= 15 is 0 Å². The Hall–Kier alpha value is -1.66. The average Bonchev–Trinajstić information content (AvgIpc) is 2.40. The van der Waals surface area contributed by atoms with Crippen LogP contribution in [-0.4, -0.2) is 35.6 Å². The SMILES string of the molecule is CCCCNCC(=O)O.ON=Cc1ccc(F)c(Cl)c1. The molecule has 112 valence electrons. The molecule has 0 saturated carbocycles. The van der Waals surface area contributed by atoms with E-state index in [1.807, 2.05) is 0 Å². The van der Waals surface area contributed by atoms with Crippen molar-refractivity contribution in [3.63, 3.8) is 0 Å². The molecular formula is C13H18ClFN2O3. The summed E-state index contributed by atoms with van der Waals surface area (Å²) in [7, 11) is 0. The van der Waals surface area contributed by atoms with Gasteiger partial charge in [-0.3, -0.25) is 4.79 Å². The van der Waals surface area contributed by atoms with Crippen LogP contribution in [0.2, 0.25) is 5.02 Å². The minimum atomic E-state index is -0.786. The summed E-state index contributed by atoms with van der Waals surface area (Å²) in [5.74, 6) is -1.27. The van der Waals surface area contributed by atoms with Crippen LogP contribution >= 0.6 is 11.6 Å². The molecule has 0 amide bonds. The van der Waals surface area contributed by atoms with Crippen molar-refractivity contribution in [2.75, 3.05) is 13.1 Å². The first-order valence-corrected chi connectivity index (χ1v) is 6.44. The van der Waals surface area contributed by atoms with Gasteiger partial charge in [-0.05, 0) is 30.7 Å². The van der Waals surface area contributed by atoms with Crippen molar-refractivity contribution in [3.8, 4) is 0 Å². The highest BCUT2D eigenvalue weighted by Gasteiger charge is 1.97. The van der Waals surface area contributed by atoms with E-state index in [2.05, 4.69) is 17.4 Å². The molecule has 20 heavy (non-hydrogen) atoms. The summed E-state index contributed by atoms with van der Waals surface area (Å²) in [6, 6.07) is 4.04. The summed E-state index contributed by atoms with van der Waals surface area (Å²) in [5.41, 5.74) is 0.555. The molecule has 0 aromatic heterocycles. The number of halogens is 2. The molecule has 0 spiro atoms. The van der Waals surface area contributed by atoms with Gasteiger partial charge in [-0.1, -0.05) is 36.2 Å². The Morgan fingerprint density at radius 2 is 2.25 bits per heavy atom. The van der Waals surface area contributed by atoms with Crippen LogP contribution in [0.4, 0.5) is 4.39 Å². The van der Waals surface area contributed by atoms with Gasteiger partial charge in [-0.2, -0.15) is 0 Å². The highest BCUT2D eigenvalue weighted by molar-refractivity contribution is 6.31. The minimum Gasteiger partial charge on any atom is -0.480 e. The second-order valence-corrected chi connectivity index (χ2v) is 4.25. The molecule has 5 nitrogen and oxygen atoms in total. The topological polar surface area (TPSA) is 81.9 Å². The van der Waals surface area contributed by atoms with E-state index in [0.29, 0.717) is 5.56 Å². The monoisotopic (exact) mass is 304 g/mol. The Morgan fingerprint density at radius 3 is 2.75 bits per heavy atom. The molecule has 0 fully saturated rings. The van der Waals surface area contributed by atoms with Gasteiger partial charge in [-0.25, -0.2) is 4.39 Å². The lowest BCUT2D eigenvalue weighted by molar-refractivity contribution is -0.135. The van der Waals surface area contributed by atoms with Crippen molar-refractivity contribution in [2.45, 2.75) is 19.8 Å². The van der Waals surface area contributed by atoms with Crippen molar-refractivity contribution in [3.05, 3.63) is 34.6 Å². The third kappa shape index (κ3) is 9.29. The number of hydrogen-bond acceptors (Lipinski definition) is 4. The highest BCUT2D eigenvalue weighted by atomic mass is 35.5. The quantitative estimate of drug-likeness (QED) is 0.327. The van der Waals surface area contributed by atoms with Crippen molar-refractivity contribution in [2.24, 2.45) is 5.16 Å². The molecule has 1 rings (SSSR count). The average molecular weight is 305 g/mol. The predicted octanol–water partition coefficient (Wildman–Crippen LogP) is 2.75. The van der Waals surface area contributed by atoms with Crippen molar-refractivity contribution in [1.82, 2.24) is 5.32 Å². The Labute approximate surface area is 122 Å². The molecule has 0 aliphatic carbocycles. The summed E-state index contributed by atoms with van der Waals surface area (Å²) < 4.78 is 12.5. The van der Waals surface area contributed by atoms with Crippen LogP contribution in [0.1, 0.15) is 25.3 Å². The van der Waals surface area contributed by atoms with Crippen LogP contribution < -0.4 is 5.32 Å². The van der Waals surface area contributed by atoms with Crippen LogP contribution in [0.5, 0.6) is 0 Å². The van der Waals surface area contributed by atoms with Gasteiger partial charge in [-0.15, -0.1) is 0 Å². The third-order valence-electron chi connectivity index (χ3n) is 2.13. The first kappa shape index (κ1) is 18.3. The molecule has 7 heteroatoms. The second-order valence-electron chi connectivity index (χ2n) is 3.84. The second kappa shape index (κ2) is 11.2. The Morgan fingerprint density at radius 1 is 1.55 bits per heavy atom. The van der Waals surface area contributed by atoms with Gasteiger partial charge in [0, 0.05) is 0 Å². The maximum absolute atomic E-state index is 12.5. The Balaban J connectivity index is 0.000000370. The van der Waals surface area contributed by atoms with E-state index in [9.17, 15) is 9.18 Å². The fourth-order valence-electron chi connectivity index (χ4n) is 1.16. The maximum atomic E-state index is 12.5. The number of rotatable bonds is 6. The Kier molecular flexibility index (Phi) is 10.3. The molecule has 0 unspecified atom stereocenters. The lowest BCUT2D eigenvalue weighted by Gasteiger charge is -1.96. The van der Waals surface area contributed by atoms with Gasteiger partial charge in [0.25, 0.3) is 0 Å². The predicted molar refractivity (Wildman–Crippen MR) is 76.2 cm³/mol. The summed E-state index contributed by atoms with van der Waals surface area (Å²) >= 11 is 5.43. The molecule has 0 aliphatic heterocycles. The molecule has 0 heterocycles. The molecule has 0 aliphatic rings. The number of benzene rings is 1. The number of unbranched alkanes of at least 4 members (excludes halogenated alkanes) is 1. The van der Waals surface area contributed by atoms with E-state index in [1.54, 1.807) is 0 Å². The number of nitrogens with zero attached hydrogens (tertiary/aromatic N) is 1. The minimum absolute atomic E-state index is 0.0161. The van der Waals surface area contributed by atoms with E-state index in [1.165, 1.54) is 24.4 Å². The summed E-state index contributed by atoms with van der Waals surface area (Å²) in [4.78, 5) is 9.90. The third-order valence-corrected chi connectivity index (χ3v) is 2.42. The number of carbonyl (C=O) groups is 1. The zero-order chi connectivity index (χ0) is 15.4. The number of hydrogen-bond donors (Lipinski definition) is 3. The molecule has 3 N–H and O–H groups in total. The number of carboxylic acids is 1. The van der Waals surface area contributed by atoms with Gasteiger partial charge >= 0.3 is 5.97 Å². The van der Waals surface area contributed by atoms with Crippen LogP contribution in [0.3, 0.4) is 0 Å². The summed E-state index contributed by atoms with van der Waals surface area (Å²) in [6.45, 7) is 2.96. The molecule has 1 aromatic carbocycles. The van der Waals surface area contributed by atoms with Crippen molar-refractivity contribution < 1.29 is 19.5 Å². The lowest BCUT2D eigenvalue weighted by atomic mass is 10.2. The van der Waals surface area contributed by atoms with E-state index in [-0.39, 0.29) is 11.6 Å². The van der Waals surface area contributed by atoms with Gasteiger partial charge in [0.2, 0.25) is 0 Å². The fraction of sp³-hybridized carbons (Fsp3) is 0.385. The van der Waals surface area contributed by atoms with Crippen LogP contribution in [-0.2, 0) is 4.79 Å². The summed E-state index contributed by atoms with van der Waals surface area (Å²) in [6.07, 6.45) is 3.32. The van der Waals surface area contributed by atoms with Crippen LogP contribution in [0, 0.1) is 5.82 Å². The molecular weight excluding hydrogens is 287 g/mol. The molecule has 0 atom stereocenters. The zero-order valence-electron chi connectivity index (χ0n) is 11.1. The van der Waals surface area contributed by atoms with Gasteiger partial charge in [0.15, 0.2) is 0 Å². The highest BCUT2D eigenvalue weighted by Crippen LogP contribution is 2.14. The molecule has 0 saturated heterocycles. The van der Waals surface area contributed by atoms with Gasteiger partial charge in [0.1, 0.15) is 5.82 Å². The van der Waals surface area contributed by atoms with Gasteiger partial charge in [0.05, 0.1) is 17.8 Å². The van der Waals surface area contributed by atoms with Crippen LogP contribution in [0.15, 0.2) is 23.4 Å². The van der Waals surface area contributed by atoms with E-state index in [4.69, 9.17) is 21.9 Å². The molecule has 0 bridgehead atoms. The van der Waals surface area contributed by atoms with Crippen molar-refractivity contribution >= 4 is 23.8 Å². The fourth-order valence-corrected chi connectivity index (χ4v) is 1.35. The maximum Gasteiger partial charge on any atom is 0.317 e. The zero-order valence-corrected chi connectivity index (χ0v) is 11.9. The molecule has 0 radical (unpaired) electrons. The van der Waals surface area contributed by atoms with E-state index in [0.717, 1.165) is 19.4 Å². The Bertz CT molecular complexity index is 442. The number of nitrogens with one attached hydrogen (secondary N) is 1. The van der Waals surface area contributed by atoms with Gasteiger partial charge < -0.3 is 15.6 Å². The number of aliphatic carboxylic acids is 1.